The average Bonchev–Trinajstić information content (AvgIpc) is 2.53. The summed E-state index contributed by atoms with van der Waals surface area (Å²) in [6.45, 7) is 0.401. The number of hydrogen-bond donors (Lipinski definition) is 1. The summed E-state index contributed by atoms with van der Waals surface area (Å²) in [6.07, 6.45) is 2.04. The zero-order chi connectivity index (χ0) is 15.2. The second kappa shape index (κ2) is 7.33. The molecule has 5 heteroatoms. The van der Waals surface area contributed by atoms with Crippen LogP contribution in [0, 0.1) is 0 Å². The van der Waals surface area contributed by atoms with E-state index in [0.717, 1.165) is 22.6 Å². The largest absolute Gasteiger partial charge is 0.496 e. The maximum Gasteiger partial charge on any atom is 0.125 e. The van der Waals surface area contributed by atoms with Gasteiger partial charge in [0.2, 0.25) is 0 Å². The molecule has 0 heterocycles. The van der Waals surface area contributed by atoms with Gasteiger partial charge in [0.1, 0.15) is 23.1 Å². The number of ether oxygens (including phenoxy) is 2. The lowest BCUT2D eigenvalue weighted by Crippen LogP contribution is -2.10. The number of nitrogens with two attached hydrogens (primary N) is 1. The van der Waals surface area contributed by atoms with Crippen LogP contribution in [0.5, 0.6) is 11.5 Å². The van der Waals surface area contributed by atoms with E-state index in [2.05, 4.69) is 0 Å². The molecule has 0 saturated carbocycles. The molecule has 0 bridgehead atoms. The third-order valence-corrected chi connectivity index (χ3v) is 4.00. The highest BCUT2D eigenvalue weighted by Crippen LogP contribution is 2.24. The maximum atomic E-state index is 5.80. The van der Waals surface area contributed by atoms with Crippen molar-refractivity contribution in [2.45, 2.75) is 11.5 Å². The van der Waals surface area contributed by atoms with Crippen LogP contribution >= 0.6 is 24.0 Å². The molecule has 2 aromatic rings. The van der Waals surface area contributed by atoms with Crippen molar-refractivity contribution in [3.63, 3.8) is 0 Å². The molecular weight excluding hydrogens is 302 g/mol. The minimum atomic E-state index is 0.364. The summed E-state index contributed by atoms with van der Waals surface area (Å²) in [7, 11) is 1.63. The Balaban J connectivity index is 2.13. The molecule has 0 saturated heterocycles. The van der Waals surface area contributed by atoms with E-state index in [1.165, 1.54) is 4.90 Å². The van der Waals surface area contributed by atoms with E-state index in [4.69, 9.17) is 27.4 Å². The third kappa shape index (κ3) is 4.12. The molecule has 2 rings (SSSR count). The normalized spacial score (nSPS) is 10.2. The Bertz CT molecular complexity index is 627. The first-order valence-corrected chi connectivity index (χ1v) is 8.01. The Hall–Kier alpha value is -1.72. The first kappa shape index (κ1) is 15.7. The number of methoxy groups -OCH3 is 1. The quantitative estimate of drug-likeness (QED) is 0.650. The van der Waals surface area contributed by atoms with Gasteiger partial charge in [0.05, 0.1) is 7.11 Å². The standard InChI is InChI=1S/C16H17NO2S2/c1-18-15-8-3-11(16(17)20)9-12(15)10-19-13-4-6-14(21-2)7-5-13/h3-9H,10H2,1-2H3,(H2,17,20). The molecule has 0 atom stereocenters. The summed E-state index contributed by atoms with van der Waals surface area (Å²) >= 11 is 6.70. The zero-order valence-corrected chi connectivity index (χ0v) is 13.6. The van der Waals surface area contributed by atoms with Crippen molar-refractivity contribution in [3.8, 4) is 11.5 Å². The molecule has 0 aliphatic rings. The highest BCUT2D eigenvalue weighted by molar-refractivity contribution is 7.98. The molecule has 0 aliphatic heterocycles. The van der Waals surface area contributed by atoms with Gasteiger partial charge in [-0.15, -0.1) is 11.8 Å². The molecule has 0 fully saturated rings. The van der Waals surface area contributed by atoms with E-state index in [9.17, 15) is 0 Å². The highest BCUT2D eigenvalue weighted by Gasteiger charge is 2.07. The molecule has 0 radical (unpaired) electrons. The fourth-order valence-electron chi connectivity index (χ4n) is 1.88. The Labute approximate surface area is 134 Å². The van der Waals surface area contributed by atoms with Gasteiger partial charge in [-0.2, -0.15) is 0 Å². The van der Waals surface area contributed by atoms with Crippen molar-refractivity contribution in [1.29, 1.82) is 0 Å². The van der Waals surface area contributed by atoms with Gasteiger partial charge >= 0.3 is 0 Å². The number of thioether (sulfide) groups is 1. The fraction of sp³-hybridized carbons (Fsp3) is 0.188. The lowest BCUT2D eigenvalue weighted by Gasteiger charge is -2.12. The van der Waals surface area contributed by atoms with Crippen molar-refractivity contribution in [2.24, 2.45) is 5.73 Å². The van der Waals surface area contributed by atoms with E-state index >= 15 is 0 Å². The van der Waals surface area contributed by atoms with Crippen molar-refractivity contribution in [1.82, 2.24) is 0 Å². The third-order valence-electron chi connectivity index (χ3n) is 3.02. The second-order valence-corrected chi connectivity index (χ2v) is 5.67. The van der Waals surface area contributed by atoms with Gasteiger partial charge in [-0.1, -0.05) is 12.2 Å². The van der Waals surface area contributed by atoms with E-state index < -0.39 is 0 Å². The first-order valence-electron chi connectivity index (χ1n) is 6.37. The van der Waals surface area contributed by atoms with Crippen LogP contribution in [0.1, 0.15) is 11.1 Å². The van der Waals surface area contributed by atoms with Gasteiger partial charge < -0.3 is 15.2 Å². The lowest BCUT2D eigenvalue weighted by molar-refractivity contribution is 0.296. The van der Waals surface area contributed by atoms with Crippen LogP contribution in [-0.4, -0.2) is 18.4 Å². The number of hydrogen-bond acceptors (Lipinski definition) is 4. The zero-order valence-electron chi connectivity index (χ0n) is 12.0. The van der Waals surface area contributed by atoms with Crippen LogP contribution in [0.15, 0.2) is 47.4 Å². The Morgan fingerprint density at radius 3 is 2.48 bits per heavy atom. The van der Waals surface area contributed by atoms with Gasteiger partial charge in [-0.05, 0) is 48.7 Å². The van der Waals surface area contributed by atoms with Crippen molar-refractivity contribution in [3.05, 3.63) is 53.6 Å². The molecule has 0 aliphatic carbocycles. The van der Waals surface area contributed by atoms with Gasteiger partial charge in [0.15, 0.2) is 0 Å². The van der Waals surface area contributed by atoms with Crippen LogP contribution in [0.4, 0.5) is 0 Å². The predicted octanol–water partition coefficient (Wildman–Crippen LogP) is 3.63. The predicted molar refractivity (Wildman–Crippen MR) is 91.4 cm³/mol. The Morgan fingerprint density at radius 2 is 1.90 bits per heavy atom. The van der Waals surface area contributed by atoms with Crippen LogP contribution in [-0.2, 0) is 6.61 Å². The van der Waals surface area contributed by atoms with Crippen molar-refractivity contribution in [2.75, 3.05) is 13.4 Å². The Kier molecular flexibility index (Phi) is 5.47. The maximum absolute atomic E-state index is 5.80. The van der Waals surface area contributed by atoms with Crippen LogP contribution in [0.25, 0.3) is 0 Å². The summed E-state index contributed by atoms with van der Waals surface area (Å²) in [5, 5.41) is 0. The summed E-state index contributed by atoms with van der Waals surface area (Å²) < 4.78 is 11.1. The van der Waals surface area contributed by atoms with E-state index in [1.54, 1.807) is 18.9 Å². The molecule has 0 aromatic heterocycles. The highest BCUT2D eigenvalue weighted by atomic mass is 32.2. The lowest BCUT2D eigenvalue weighted by atomic mass is 10.1. The van der Waals surface area contributed by atoms with Crippen LogP contribution < -0.4 is 15.2 Å². The number of benzene rings is 2. The molecule has 3 nitrogen and oxygen atoms in total. The molecule has 0 unspecified atom stereocenters. The van der Waals surface area contributed by atoms with Gasteiger partial charge in [0, 0.05) is 16.0 Å². The molecular formula is C16H17NO2S2. The van der Waals surface area contributed by atoms with Crippen LogP contribution in [0.2, 0.25) is 0 Å². The topological polar surface area (TPSA) is 44.5 Å². The smallest absolute Gasteiger partial charge is 0.125 e. The molecule has 2 N–H and O–H groups in total. The van der Waals surface area contributed by atoms with Gasteiger partial charge in [-0.3, -0.25) is 0 Å². The van der Waals surface area contributed by atoms with E-state index in [-0.39, 0.29) is 0 Å². The molecule has 0 spiro atoms. The molecule has 110 valence electrons. The Morgan fingerprint density at radius 1 is 1.19 bits per heavy atom. The minimum Gasteiger partial charge on any atom is -0.496 e. The van der Waals surface area contributed by atoms with Crippen LogP contribution in [0.3, 0.4) is 0 Å². The second-order valence-electron chi connectivity index (χ2n) is 4.36. The first-order chi connectivity index (χ1) is 10.1. The average molecular weight is 319 g/mol. The van der Waals surface area contributed by atoms with Gasteiger partial charge in [0.25, 0.3) is 0 Å². The van der Waals surface area contributed by atoms with Gasteiger partial charge in [-0.25, -0.2) is 0 Å². The minimum absolute atomic E-state index is 0.364. The van der Waals surface area contributed by atoms with E-state index in [1.807, 2.05) is 48.7 Å². The number of thiocarbonyl (C=S) groups is 1. The monoisotopic (exact) mass is 319 g/mol. The fourth-order valence-corrected chi connectivity index (χ4v) is 2.41. The molecule has 0 amide bonds. The van der Waals surface area contributed by atoms with Crippen molar-refractivity contribution < 1.29 is 9.47 Å². The summed E-state index contributed by atoms with van der Waals surface area (Å²) in [5.41, 5.74) is 7.38. The van der Waals surface area contributed by atoms with Crippen molar-refractivity contribution >= 4 is 29.0 Å². The SMILES string of the molecule is COc1ccc(C(N)=S)cc1COc1ccc(SC)cc1. The molecule has 21 heavy (non-hydrogen) atoms. The summed E-state index contributed by atoms with van der Waals surface area (Å²) in [6, 6.07) is 13.6. The summed E-state index contributed by atoms with van der Waals surface area (Å²) in [4.78, 5) is 1.57. The van der Waals surface area contributed by atoms with E-state index in [0.29, 0.717) is 11.6 Å². The molecule has 2 aromatic carbocycles. The summed E-state index contributed by atoms with van der Waals surface area (Å²) in [5.74, 6) is 1.58. The number of rotatable bonds is 6.